The number of aromatic nitrogens is 2. The molecule has 0 bridgehead atoms. The first kappa shape index (κ1) is 20.1. The maximum absolute atomic E-state index is 8.23. The Kier molecular flexibility index (Phi) is 4.73. The third-order valence-electron chi connectivity index (χ3n) is 9.04. The fourth-order valence-corrected chi connectivity index (χ4v) is 6.60. The number of anilines is 4. The number of hydrogen-bond acceptors (Lipinski definition) is 4. The van der Waals surface area contributed by atoms with Crippen molar-refractivity contribution in [3.05, 3.63) is 145 Å². The minimum Gasteiger partial charge on any atom is -0.457 e. The standard InChI is InChI=1S/C44H42N4O/c1-43(2,3)30-13-11-14-32(25-30)46-29-47(40-20-10-9-19-39(40)46)33-15-12-16-34(27-33)49-35-21-22-37-36-17-7-8-18-38(36)48(41(37)28-35)42-26-31(23-24-45-42)44(4,5)6/h7-28H,29H2,1-6H3/i1D3,2D3,4D3,5D3. The molecule has 0 saturated heterocycles. The van der Waals surface area contributed by atoms with Gasteiger partial charge in [-0.2, -0.15) is 0 Å². The summed E-state index contributed by atoms with van der Waals surface area (Å²) < 4.78 is 107. The molecule has 1 aliphatic rings. The van der Waals surface area contributed by atoms with Gasteiger partial charge in [-0.05, 0) is 88.7 Å². The number of benzene rings is 5. The maximum Gasteiger partial charge on any atom is 0.137 e. The lowest BCUT2D eigenvalue weighted by atomic mass is 9.87. The van der Waals surface area contributed by atoms with Crippen LogP contribution in [0.3, 0.4) is 0 Å². The summed E-state index contributed by atoms with van der Waals surface area (Å²) in [4.78, 5) is 8.71. The van der Waals surface area contributed by atoms with Crippen LogP contribution in [-0.4, -0.2) is 16.2 Å². The van der Waals surface area contributed by atoms with Gasteiger partial charge in [0.25, 0.3) is 0 Å². The normalized spacial score (nSPS) is 18.0. The fourth-order valence-electron chi connectivity index (χ4n) is 6.60. The van der Waals surface area contributed by atoms with Crippen molar-refractivity contribution in [1.29, 1.82) is 0 Å². The maximum atomic E-state index is 8.23. The van der Waals surface area contributed by atoms with E-state index in [1.54, 1.807) is 18.2 Å². The Hall–Kier alpha value is -5.55. The molecule has 244 valence electrons. The number of fused-ring (bicyclic) bond motifs is 4. The minimum absolute atomic E-state index is 0.118. The lowest BCUT2D eigenvalue weighted by molar-refractivity contribution is 0.483. The summed E-state index contributed by atoms with van der Waals surface area (Å²) in [6.45, 7) is -8.40. The molecular weight excluding hydrogens is 601 g/mol. The van der Waals surface area contributed by atoms with Crippen LogP contribution in [0.25, 0.3) is 27.6 Å². The molecule has 3 heterocycles. The van der Waals surface area contributed by atoms with Gasteiger partial charge in [0, 0.05) is 56.9 Å². The molecule has 0 radical (unpaired) electrons. The molecule has 49 heavy (non-hydrogen) atoms. The van der Waals surface area contributed by atoms with Crippen LogP contribution in [0.1, 0.15) is 68.8 Å². The van der Waals surface area contributed by atoms with Crippen molar-refractivity contribution in [1.82, 2.24) is 9.55 Å². The number of para-hydroxylation sites is 3. The molecule has 7 aromatic rings. The fraction of sp³-hybridized carbons (Fsp3) is 0.205. The van der Waals surface area contributed by atoms with E-state index < -0.39 is 38.2 Å². The predicted octanol–water partition coefficient (Wildman–Crippen LogP) is 11.8. The zero-order valence-electron chi connectivity index (χ0n) is 39.1. The molecule has 0 saturated carbocycles. The first-order valence-electron chi connectivity index (χ1n) is 22.1. The van der Waals surface area contributed by atoms with Crippen LogP contribution in [0.5, 0.6) is 11.5 Å². The first-order chi connectivity index (χ1) is 28.5. The number of pyridine rings is 1. The first-order valence-corrected chi connectivity index (χ1v) is 16.1. The monoisotopic (exact) mass is 654 g/mol. The van der Waals surface area contributed by atoms with E-state index in [1.807, 2.05) is 107 Å². The smallest absolute Gasteiger partial charge is 0.137 e. The highest BCUT2D eigenvalue weighted by atomic mass is 16.5. The van der Waals surface area contributed by atoms with E-state index >= 15 is 0 Å². The molecule has 5 nitrogen and oxygen atoms in total. The van der Waals surface area contributed by atoms with Crippen LogP contribution in [0.2, 0.25) is 0 Å². The summed E-state index contributed by atoms with van der Waals surface area (Å²) >= 11 is 0. The van der Waals surface area contributed by atoms with Gasteiger partial charge in [0.1, 0.15) is 24.0 Å². The van der Waals surface area contributed by atoms with Crippen molar-refractivity contribution >= 4 is 44.6 Å². The second-order valence-corrected chi connectivity index (χ2v) is 12.8. The van der Waals surface area contributed by atoms with Crippen LogP contribution < -0.4 is 14.5 Å². The summed E-state index contributed by atoms with van der Waals surface area (Å²) in [6.07, 6.45) is 1.44. The average molecular weight is 655 g/mol. The molecule has 5 heteroatoms. The zero-order chi connectivity index (χ0) is 43.9. The van der Waals surface area contributed by atoms with E-state index in [0.717, 1.165) is 33.4 Å². The van der Waals surface area contributed by atoms with Gasteiger partial charge in [-0.1, -0.05) is 89.8 Å². The third kappa shape index (κ3) is 5.59. The molecule has 0 spiro atoms. The van der Waals surface area contributed by atoms with Gasteiger partial charge in [0.05, 0.1) is 22.4 Å². The topological polar surface area (TPSA) is 33.5 Å². The van der Waals surface area contributed by atoms with Gasteiger partial charge in [-0.15, -0.1) is 0 Å². The van der Waals surface area contributed by atoms with E-state index in [2.05, 4.69) is 9.88 Å². The van der Waals surface area contributed by atoms with Crippen LogP contribution >= 0.6 is 0 Å². The number of ether oxygens (including phenoxy) is 1. The largest absolute Gasteiger partial charge is 0.457 e. The Morgan fingerprint density at radius 2 is 1.22 bits per heavy atom. The quantitative estimate of drug-likeness (QED) is 0.185. The van der Waals surface area contributed by atoms with Gasteiger partial charge in [-0.3, -0.25) is 4.57 Å². The lowest BCUT2D eigenvalue weighted by Gasteiger charge is -2.25. The molecule has 0 amide bonds. The second-order valence-electron chi connectivity index (χ2n) is 12.8. The van der Waals surface area contributed by atoms with Crippen LogP contribution in [-0.2, 0) is 10.8 Å². The molecule has 0 fully saturated rings. The number of nitrogens with zero attached hydrogens (tertiary/aromatic N) is 4. The van der Waals surface area contributed by atoms with E-state index in [1.165, 1.54) is 32.2 Å². The van der Waals surface area contributed by atoms with Crippen molar-refractivity contribution in [2.45, 2.75) is 52.1 Å². The highest BCUT2D eigenvalue weighted by Crippen LogP contribution is 2.45. The van der Waals surface area contributed by atoms with Crippen molar-refractivity contribution in [2.75, 3.05) is 16.5 Å². The Morgan fingerprint density at radius 1 is 0.592 bits per heavy atom. The molecule has 0 atom stereocenters. The van der Waals surface area contributed by atoms with Gasteiger partial charge in [0.15, 0.2) is 0 Å². The number of hydrogen-bond donors (Lipinski definition) is 0. The molecule has 0 unspecified atom stereocenters. The third-order valence-corrected chi connectivity index (χ3v) is 9.04. The Labute approximate surface area is 305 Å². The van der Waals surface area contributed by atoms with E-state index in [0.29, 0.717) is 35.2 Å². The zero-order valence-corrected chi connectivity index (χ0v) is 27.1. The highest BCUT2D eigenvalue weighted by molar-refractivity contribution is 6.09. The lowest BCUT2D eigenvalue weighted by Crippen LogP contribution is -2.24. The molecule has 2 aromatic heterocycles. The van der Waals surface area contributed by atoms with Crippen LogP contribution in [0.15, 0.2) is 134 Å². The summed E-state index contributed by atoms with van der Waals surface area (Å²) in [6, 6.07) is 38.5. The van der Waals surface area contributed by atoms with E-state index in [9.17, 15) is 0 Å². The van der Waals surface area contributed by atoms with Crippen LogP contribution in [0, 0.1) is 0 Å². The number of rotatable bonds is 5. The Bertz CT molecular complexity index is 2760. The summed E-state index contributed by atoms with van der Waals surface area (Å²) in [7, 11) is 0. The summed E-state index contributed by atoms with van der Waals surface area (Å²) in [5, 5.41) is 1.80. The van der Waals surface area contributed by atoms with Gasteiger partial charge in [0.2, 0.25) is 0 Å². The van der Waals surface area contributed by atoms with Crippen molar-refractivity contribution in [3.63, 3.8) is 0 Å². The average Bonchev–Trinajstić information content (AvgIpc) is 3.75. The SMILES string of the molecule is [2H]C([2H])([2H])C(C)(c1cccc(N2CN(c3cccc(Oc4ccc5c6ccccc6n(-c6cc(C(C)(C([2H])([2H])[2H])C([2H])([2H])[2H])ccn6)c5c4)c3)c3ccccc32)c1)C([2H])([2H])[2H]. The van der Waals surface area contributed by atoms with Gasteiger partial charge >= 0.3 is 0 Å². The molecule has 0 aliphatic carbocycles. The molecule has 8 rings (SSSR count). The van der Waals surface area contributed by atoms with Gasteiger partial charge < -0.3 is 14.5 Å². The van der Waals surface area contributed by atoms with Crippen molar-refractivity contribution in [2.24, 2.45) is 0 Å². The Balaban J connectivity index is 1.15. The molecule has 1 aliphatic heterocycles. The van der Waals surface area contributed by atoms with Crippen LogP contribution in [0.4, 0.5) is 22.7 Å². The predicted molar refractivity (Wildman–Crippen MR) is 205 cm³/mol. The van der Waals surface area contributed by atoms with E-state index in [-0.39, 0.29) is 11.1 Å². The Morgan fingerprint density at radius 3 is 1.98 bits per heavy atom. The van der Waals surface area contributed by atoms with E-state index in [4.69, 9.17) is 21.2 Å². The molecular formula is C44H42N4O. The summed E-state index contributed by atoms with van der Waals surface area (Å²) in [5.74, 6) is 1.40. The second kappa shape index (κ2) is 11.6. The van der Waals surface area contributed by atoms with Gasteiger partial charge in [-0.25, -0.2) is 4.98 Å². The summed E-state index contributed by atoms with van der Waals surface area (Å²) in [5.41, 5.74) is 0.738. The van der Waals surface area contributed by atoms with Crippen molar-refractivity contribution < 1.29 is 21.2 Å². The minimum atomic E-state index is -2.83. The highest BCUT2D eigenvalue weighted by Gasteiger charge is 2.29. The molecule has 5 aromatic carbocycles. The molecule has 0 N–H and O–H groups in total. The van der Waals surface area contributed by atoms with Crippen molar-refractivity contribution in [3.8, 4) is 17.3 Å².